The Labute approximate surface area is 232 Å². The van der Waals surface area contributed by atoms with E-state index in [4.69, 9.17) is 0 Å². The summed E-state index contributed by atoms with van der Waals surface area (Å²) in [6, 6.07) is 23.8. The fourth-order valence-electron chi connectivity index (χ4n) is 4.03. The topological polar surface area (TPSA) is 110 Å². The third-order valence-electron chi connectivity index (χ3n) is 5.97. The van der Waals surface area contributed by atoms with Gasteiger partial charge in [0.25, 0.3) is 11.3 Å². The van der Waals surface area contributed by atoms with Crippen molar-refractivity contribution in [2.45, 2.75) is 32.1 Å². The fourth-order valence-corrected chi connectivity index (χ4v) is 4.03. The summed E-state index contributed by atoms with van der Waals surface area (Å²) >= 11 is 0. The van der Waals surface area contributed by atoms with E-state index >= 15 is 0 Å². The minimum absolute atomic E-state index is 0.0127. The van der Waals surface area contributed by atoms with E-state index in [9.17, 15) is 32.3 Å². The summed E-state index contributed by atoms with van der Waals surface area (Å²) in [7, 11) is 0. The Morgan fingerprint density at radius 2 is 1.44 bits per heavy atom. The molecular formula is C30H25F3N4O4. The van der Waals surface area contributed by atoms with Gasteiger partial charge in [0.1, 0.15) is 24.2 Å². The molecule has 2 aromatic carbocycles. The number of benzene rings is 3. The maximum Gasteiger partial charge on any atom is 0.452 e. The average molecular weight is 563 g/mol. The molecule has 0 saturated carbocycles. The van der Waals surface area contributed by atoms with E-state index in [1.165, 1.54) is 30.2 Å². The van der Waals surface area contributed by atoms with E-state index < -0.39 is 41.9 Å². The third-order valence-corrected chi connectivity index (χ3v) is 5.97. The highest BCUT2D eigenvalue weighted by Gasteiger charge is 2.44. The van der Waals surface area contributed by atoms with Gasteiger partial charge >= 0.3 is 6.18 Å². The Morgan fingerprint density at radius 1 is 0.854 bits per heavy atom. The first kappa shape index (κ1) is 28.9. The molecule has 0 aliphatic heterocycles. The highest BCUT2D eigenvalue weighted by Crippen LogP contribution is 2.32. The van der Waals surface area contributed by atoms with E-state index in [0.717, 1.165) is 10.6 Å². The molecule has 210 valence electrons. The van der Waals surface area contributed by atoms with Crippen molar-refractivity contribution in [3.8, 4) is 22.5 Å². The van der Waals surface area contributed by atoms with Crippen molar-refractivity contribution in [2.75, 3.05) is 5.32 Å². The summed E-state index contributed by atoms with van der Waals surface area (Å²) in [5.41, 5.74) is 2.97. The SMILES string of the molecule is CC(=O)Nc1cc(=O)n(CC(=O)NC(Cc2ccccc2)C(=O)C(F)(F)F)c(-c2ccccc2)n1.c1cc2cc-2c1. The standard InChI is InChI=1S/C24H21F3N4O4.C6H4/c1-15(32)28-19-13-21(34)31(23(30-19)17-10-6-3-7-11-17)14-20(33)29-18(22(35)24(25,26)27)12-16-8-4-2-5-9-16;1-2-5-4-6(5)3-1/h2-11,13,18H,12,14H2,1H3,(H,28,32)(H,29,33);1-4H. The fraction of sp³-hybridized carbons (Fsp3) is 0.167. The third kappa shape index (κ3) is 7.98. The zero-order chi connectivity index (χ0) is 29.6. The van der Waals surface area contributed by atoms with Gasteiger partial charge in [0.15, 0.2) is 0 Å². The van der Waals surface area contributed by atoms with Crippen LogP contribution in [0.2, 0.25) is 0 Å². The van der Waals surface area contributed by atoms with E-state index in [1.807, 2.05) is 0 Å². The largest absolute Gasteiger partial charge is 0.452 e. The molecule has 1 atom stereocenters. The molecule has 41 heavy (non-hydrogen) atoms. The number of ketones is 1. The number of fused-ring (bicyclic) bond motifs is 1. The van der Waals surface area contributed by atoms with Gasteiger partial charge in [0, 0.05) is 25.0 Å². The van der Waals surface area contributed by atoms with Crippen molar-refractivity contribution in [3.63, 3.8) is 0 Å². The predicted molar refractivity (Wildman–Crippen MR) is 147 cm³/mol. The Bertz CT molecular complexity index is 1600. The lowest BCUT2D eigenvalue weighted by molar-refractivity contribution is -0.173. The highest BCUT2D eigenvalue weighted by molar-refractivity contribution is 5.93. The van der Waals surface area contributed by atoms with Crippen LogP contribution in [0.1, 0.15) is 12.5 Å². The number of nitrogens with zero attached hydrogens (tertiary/aromatic N) is 2. The van der Waals surface area contributed by atoms with Gasteiger partial charge in [-0.3, -0.25) is 23.7 Å². The summed E-state index contributed by atoms with van der Waals surface area (Å²) in [4.78, 5) is 53.1. The first-order chi connectivity index (χ1) is 19.5. The van der Waals surface area contributed by atoms with Crippen LogP contribution >= 0.6 is 0 Å². The number of aromatic nitrogens is 2. The van der Waals surface area contributed by atoms with Crippen LogP contribution in [0.4, 0.5) is 19.0 Å². The molecule has 5 rings (SSSR count). The van der Waals surface area contributed by atoms with E-state index in [-0.39, 0.29) is 18.1 Å². The molecule has 2 aliphatic carbocycles. The second-order valence-electron chi connectivity index (χ2n) is 9.19. The molecule has 0 saturated heterocycles. The van der Waals surface area contributed by atoms with Gasteiger partial charge in [-0.1, -0.05) is 78.9 Å². The van der Waals surface area contributed by atoms with Crippen LogP contribution in [-0.4, -0.2) is 39.4 Å². The Balaban J connectivity index is 0.000000560. The number of halogens is 3. The number of anilines is 1. The van der Waals surface area contributed by atoms with Crippen molar-refractivity contribution in [1.29, 1.82) is 0 Å². The van der Waals surface area contributed by atoms with Gasteiger partial charge in [-0.05, 0) is 22.8 Å². The van der Waals surface area contributed by atoms with E-state index in [0.29, 0.717) is 11.1 Å². The Hall–Kier alpha value is -5.06. The van der Waals surface area contributed by atoms with Crippen LogP contribution in [0.15, 0.2) is 95.8 Å². The predicted octanol–water partition coefficient (Wildman–Crippen LogP) is 4.39. The van der Waals surface area contributed by atoms with Crippen molar-refractivity contribution in [3.05, 3.63) is 107 Å². The molecule has 1 aromatic heterocycles. The molecule has 1 heterocycles. The quantitative estimate of drug-likeness (QED) is 0.292. The van der Waals surface area contributed by atoms with Gasteiger partial charge < -0.3 is 10.6 Å². The number of hydrogen-bond acceptors (Lipinski definition) is 5. The summed E-state index contributed by atoms with van der Waals surface area (Å²) in [5, 5.41) is 4.50. The molecule has 3 aromatic rings. The van der Waals surface area contributed by atoms with Crippen LogP contribution in [0.3, 0.4) is 0 Å². The normalized spacial score (nSPS) is 11.9. The van der Waals surface area contributed by atoms with Crippen molar-refractivity contribution in [2.24, 2.45) is 0 Å². The molecule has 0 radical (unpaired) electrons. The number of carbonyl (C=O) groups is 3. The lowest BCUT2D eigenvalue weighted by Gasteiger charge is -2.20. The number of nitrogens with one attached hydrogen (secondary N) is 2. The first-order valence-electron chi connectivity index (χ1n) is 12.5. The first-order valence-corrected chi connectivity index (χ1v) is 12.5. The van der Waals surface area contributed by atoms with Crippen LogP contribution < -0.4 is 16.2 Å². The lowest BCUT2D eigenvalue weighted by atomic mass is 10.0. The Kier molecular flexibility index (Phi) is 8.76. The molecule has 2 amide bonds. The van der Waals surface area contributed by atoms with E-state index in [1.54, 1.807) is 48.5 Å². The summed E-state index contributed by atoms with van der Waals surface area (Å²) < 4.78 is 40.5. The zero-order valence-electron chi connectivity index (χ0n) is 21.8. The number of carbonyl (C=O) groups excluding carboxylic acids is 3. The summed E-state index contributed by atoms with van der Waals surface area (Å²) in [6.45, 7) is 0.528. The highest BCUT2D eigenvalue weighted by atomic mass is 19.4. The Morgan fingerprint density at radius 3 is 1.95 bits per heavy atom. The van der Waals surface area contributed by atoms with E-state index in [2.05, 4.69) is 39.9 Å². The average Bonchev–Trinajstić information content (AvgIpc) is 3.53. The molecule has 11 heteroatoms. The number of rotatable bonds is 8. The van der Waals surface area contributed by atoms with Crippen LogP contribution in [-0.2, 0) is 27.3 Å². The van der Waals surface area contributed by atoms with Crippen molar-refractivity contribution < 1.29 is 27.6 Å². The van der Waals surface area contributed by atoms with Crippen LogP contribution in [0, 0.1) is 0 Å². The number of alkyl halides is 3. The van der Waals surface area contributed by atoms with Gasteiger partial charge in [0.05, 0.1) is 0 Å². The minimum Gasteiger partial charge on any atom is -0.344 e. The summed E-state index contributed by atoms with van der Waals surface area (Å²) in [6.07, 6.45) is -5.55. The second kappa shape index (κ2) is 12.4. The van der Waals surface area contributed by atoms with Gasteiger partial charge in [-0.15, -0.1) is 0 Å². The molecule has 8 nitrogen and oxygen atoms in total. The maximum absolute atomic E-state index is 13.2. The molecule has 0 spiro atoms. The number of hydrogen-bond donors (Lipinski definition) is 2. The smallest absolute Gasteiger partial charge is 0.344 e. The summed E-state index contributed by atoms with van der Waals surface area (Å²) in [5.74, 6) is -3.60. The molecular weight excluding hydrogens is 537 g/mol. The van der Waals surface area contributed by atoms with Crippen molar-refractivity contribution >= 4 is 23.4 Å². The molecule has 2 N–H and O–H groups in total. The monoisotopic (exact) mass is 562 g/mol. The second-order valence-corrected chi connectivity index (χ2v) is 9.19. The molecule has 0 fully saturated rings. The number of Topliss-reactive ketones (excluding diaryl/α,β-unsaturated/α-hetero) is 1. The molecule has 1 unspecified atom stereocenters. The minimum atomic E-state index is -5.17. The molecule has 2 aliphatic rings. The number of amides is 2. The molecule has 0 bridgehead atoms. The van der Waals surface area contributed by atoms with Crippen LogP contribution in [0.25, 0.3) is 22.5 Å². The van der Waals surface area contributed by atoms with Gasteiger partial charge in [-0.2, -0.15) is 13.2 Å². The lowest BCUT2D eigenvalue weighted by Crippen LogP contribution is -2.49. The van der Waals surface area contributed by atoms with Gasteiger partial charge in [0.2, 0.25) is 11.8 Å². The van der Waals surface area contributed by atoms with Crippen molar-refractivity contribution in [1.82, 2.24) is 14.9 Å². The maximum atomic E-state index is 13.2. The van der Waals surface area contributed by atoms with Gasteiger partial charge in [-0.25, -0.2) is 4.98 Å². The van der Waals surface area contributed by atoms with Crippen LogP contribution in [0.5, 0.6) is 0 Å². The zero-order valence-corrected chi connectivity index (χ0v) is 21.8.